The van der Waals surface area contributed by atoms with Gasteiger partial charge in [-0.25, -0.2) is 0 Å². The van der Waals surface area contributed by atoms with Gasteiger partial charge in [0.25, 0.3) is 0 Å². The summed E-state index contributed by atoms with van der Waals surface area (Å²) in [6, 6.07) is 5.72. The second kappa shape index (κ2) is 10.6. The van der Waals surface area contributed by atoms with Crippen molar-refractivity contribution in [1.29, 1.82) is 0 Å². The highest BCUT2D eigenvalue weighted by atomic mass is 16.3. The molecule has 1 rings (SSSR count). The van der Waals surface area contributed by atoms with Crippen molar-refractivity contribution >= 4 is 0 Å². The van der Waals surface area contributed by atoms with E-state index in [1.54, 1.807) is 11.0 Å². The van der Waals surface area contributed by atoms with E-state index in [-0.39, 0.29) is 25.2 Å². The number of rotatable bonds is 6. The third kappa shape index (κ3) is 8.34. The molecular weight excluding hydrogens is 282 g/mol. The van der Waals surface area contributed by atoms with E-state index in [2.05, 4.69) is 20.8 Å². The molecule has 0 spiro atoms. The maximum Gasteiger partial charge on any atom is 0.119 e. The lowest BCUT2D eigenvalue weighted by Crippen LogP contribution is -2.32. The normalized spacial score (nSPS) is 11.3. The molecule has 0 radical (unpaired) electrons. The van der Waals surface area contributed by atoms with E-state index in [1.807, 2.05) is 19.1 Å². The summed E-state index contributed by atoms with van der Waals surface area (Å²) in [5, 5.41) is 35.0. The van der Waals surface area contributed by atoms with Gasteiger partial charge in [-0.2, -0.15) is 0 Å². The minimum absolute atomic E-state index is 0.0239. The summed E-state index contributed by atoms with van der Waals surface area (Å²) in [7, 11) is 0. The zero-order valence-electron chi connectivity index (χ0n) is 14.2. The Labute approximate surface area is 133 Å². The van der Waals surface area contributed by atoms with Gasteiger partial charge < -0.3 is 20.4 Å². The highest BCUT2D eigenvalue weighted by Gasteiger charge is 2.17. The van der Waals surface area contributed by atoms with E-state index in [4.69, 9.17) is 15.3 Å². The molecule has 0 fully saturated rings. The molecule has 0 heterocycles. The van der Waals surface area contributed by atoms with Crippen LogP contribution in [0, 0.1) is 6.92 Å². The molecular formula is C17H31NO4. The third-order valence-corrected chi connectivity index (χ3v) is 3.21. The molecule has 1 aromatic carbocycles. The molecule has 5 heteroatoms. The highest BCUT2D eigenvalue weighted by molar-refractivity contribution is 5.39. The molecule has 0 saturated heterocycles. The highest BCUT2D eigenvalue weighted by Crippen LogP contribution is 2.30. The van der Waals surface area contributed by atoms with E-state index in [9.17, 15) is 5.11 Å². The topological polar surface area (TPSA) is 84.2 Å². The van der Waals surface area contributed by atoms with Crippen molar-refractivity contribution in [2.75, 3.05) is 39.5 Å². The van der Waals surface area contributed by atoms with Crippen LogP contribution in [0.15, 0.2) is 18.2 Å². The predicted molar refractivity (Wildman–Crippen MR) is 89.2 cm³/mol. The monoisotopic (exact) mass is 313 g/mol. The Morgan fingerprint density at radius 2 is 1.36 bits per heavy atom. The third-order valence-electron chi connectivity index (χ3n) is 3.21. The number of phenolic OH excluding ortho intramolecular Hbond substituents is 1. The van der Waals surface area contributed by atoms with Gasteiger partial charge in [0.15, 0.2) is 0 Å². The molecule has 0 aliphatic heterocycles. The lowest BCUT2D eigenvalue weighted by Gasteiger charge is -2.20. The average Bonchev–Trinajstić information content (AvgIpc) is 2.42. The lowest BCUT2D eigenvalue weighted by molar-refractivity contribution is 0.136. The molecule has 22 heavy (non-hydrogen) atoms. The number of benzene rings is 1. The van der Waals surface area contributed by atoms with Crippen molar-refractivity contribution < 1.29 is 20.4 Å². The van der Waals surface area contributed by atoms with E-state index >= 15 is 0 Å². The molecule has 1 aromatic rings. The molecule has 0 unspecified atom stereocenters. The SMILES string of the molecule is Cc1ccc(O)c(C(C)(C)C)c1.OCCN(CCO)CCO. The molecule has 0 aromatic heterocycles. The summed E-state index contributed by atoms with van der Waals surface area (Å²) in [5.74, 6) is 0.396. The van der Waals surface area contributed by atoms with E-state index < -0.39 is 0 Å². The maximum absolute atomic E-state index is 9.57. The van der Waals surface area contributed by atoms with Crippen LogP contribution in [0.1, 0.15) is 31.9 Å². The van der Waals surface area contributed by atoms with Crippen molar-refractivity contribution in [3.8, 4) is 5.75 Å². The van der Waals surface area contributed by atoms with Crippen LogP contribution in [0.3, 0.4) is 0 Å². The van der Waals surface area contributed by atoms with Gasteiger partial charge in [-0.15, -0.1) is 0 Å². The number of nitrogens with zero attached hydrogens (tertiary/aromatic N) is 1. The van der Waals surface area contributed by atoms with Gasteiger partial charge in [0.2, 0.25) is 0 Å². The quantitative estimate of drug-likeness (QED) is 0.635. The maximum atomic E-state index is 9.57. The summed E-state index contributed by atoms with van der Waals surface area (Å²) < 4.78 is 0. The Hall–Kier alpha value is -1.14. The van der Waals surface area contributed by atoms with E-state index in [1.165, 1.54) is 5.56 Å². The lowest BCUT2D eigenvalue weighted by atomic mass is 9.85. The van der Waals surface area contributed by atoms with Gasteiger partial charge in [-0.3, -0.25) is 4.90 Å². The summed E-state index contributed by atoms with van der Waals surface area (Å²) in [6.07, 6.45) is 0. The Morgan fingerprint density at radius 3 is 1.68 bits per heavy atom. The molecule has 0 saturated carbocycles. The molecule has 0 bridgehead atoms. The fourth-order valence-electron chi connectivity index (χ4n) is 2.01. The van der Waals surface area contributed by atoms with E-state index in [0.29, 0.717) is 25.4 Å². The number of aryl methyl sites for hydroxylation is 1. The standard InChI is InChI=1S/C11H16O.C6H15NO3/c1-8-5-6-10(12)9(7-8)11(2,3)4;8-4-1-7(2-5-9)3-6-10/h5-7,12H,1-4H3;8-10H,1-6H2. The zero-order chi connectivity index (χ0) is 17.2. The Kier molecular flexibility index (Phi) is 10.0. The summed E-state index contributed by atoms with van der Waals surface area (Å²) in [5.41, 5.74) is 2.23. The van der Waals surface area contributed by atoms with Crippen LogP contribution >= 0.6 is 0 Å². The smallest absolute Gasteiger partial charge is 0.119 e. The van der Waals surface area contributed by atoms with Gasteiger partial charge in [-0.1, -0.05) is 38.5 Å². The molecule has 0 atom stereocenters. The molecule has 128 valence electrons. The number of hydrogen-bond acceptors (Lipinski definition) is 5. The van der Waals surface area contributed by atoms with Gasteiger partial charge in [0.05, 0.1) is 19.8 Å². The number of aliphatic hydroxyl groups is 3. The molecule has 0 aliphatic rings. The van der Waals surface area contributed by atoms with E-state index in [0.717, 1.165) is 5.56 Å². The van der Waals surface area contributed by atoms with Crippen molar-refractivity contribution in [2.45, 2.75) is 33.1 Å². The first-order chi connectivity index (χ1) is 10.3. The first-order valence-electron chi connectivity index (χ1n) is 7.61. The van der Waals surface area contributed by atoms with Crippen LogP contribution < -0.4 is 0 Å². The molecule has 0 aliphatic carbocycles. The summed E-state index contributed by atoms with van der Waals surface area (Å²) in [4.78, 5) is 1.79. The Bertz CT molecular complexity index is 401. The van der Waals surface area contributed by atoms with Gasteiger partial charge in [-0.05, 0) is 24.0 Å². The van der Waals surface area contributed by atoms with Crippen molar-refractivity contribution in [3.63, 3.8) is 0 Å². The van der Waals surface area contributed by atoms with Crippen LogP contribution in [-0.2, 0) is 5.41 Å². The van der Waals surface area contributed by atoms with Crippen molar-refractivity contribution in [1.82, 2.24) is 4.90 Å². The van der Waals surface area contributed by atoms with Crippen LogP contribution in [0.25, 0.3) is 0 Å². The van der Waals surface area contributed by atoms with Gasteiger partial charge >= 0.3 is 0 Å². The summed E-state index contributed by atoms with van der Waals surface area (Å²) in [6.45, 7) is 10.1. The van der Waals surface area contributed by atoms with Crippen LogP contribution in [-0.4, -0.2) is 64.8 Å². The Balaban J connectivity index is 0.000000409. The number of aliphatic hydroxyl groups excluding tert-OH is 3. The zero-order valence-corrected chi connectivity index (χ0v) is 14.2. The molecule has 4 N–H and O–H groups in total. The van der Waals surface area contributed by atoms with Gasteiger partial charge in [0.1, 0.15) is 5.75 Å². The van der Waals surface area contributed by atoms with Crippen molar-refractivity contribution in [2.24, 2.45) is 0 Å². The predicted octanol–water partition coefficient (Wildman–Crippen LogP) is 1.26. The second-order valence-electron chi connectivity index (χ2n) is 6.28. The number of phenols is 1. The van der Waals surface area contributed by atoms with Crippen LogP contribution in [0.2, 0.25) is 0 Å². The summed E-state index contributed by atoms with van der Waals surface area (Å²) >= 11 is 0. The number of aromatic hydroxyl groups is 1. The minimum atomic E-state index is 0.0239. The van der Waals surface area contributed by atoms with Crippen LogP contribution in [0.4, 0.5) is 0 Å². The van der Waals surface area contributed by atoms with Gasteiger partial charge in [0, 0.05) is 19.6 Å². The van der Waals surface area contributed by atoms with Crippen LogP contribution in [0.5, 0.6) is 5.75 Å². The first-order valence-corrected chi connectivity index (χ1v) is 7.61. The molecule has 0 amide bonds. The average molecular weight is 313 g/mol. The fourth-order valence-corrected chi connectivity index (χ4v) is 2.01. The first kappa shape index (κ1) is 20.9. The Morgan fingerprint density at radius 1 is 0.909 bits per heavy atom. The molecule has 5 nitrogen and oxygen atoms in total. The fraction of sp³-hybridized carbons (Fsp3) is 0.647. The minimum Gasteiger partial charge on any atom is -0.508 e. The largest absolute Gasteiger partial charge is 0.508 e. The van der Waals surface area contributed by atoms with Crippen molar-refractivity contribution in [3.05, 3.63) is 29.3 Å². The number of hydrogen-bond donors (Lipinski definition) is 4. The second-order valence-corrected chi connectivity index (χ2v) is 6.28.